The van der Waals surface area contributed by atoms with Crippen LogP contribution in [0.3, 0.4) is 0 Å². The monoisotopic (exact) mass is 210 g/mol. The van der Waals surface area contributed by atoms with Crippen molar-refractivity contribution in [2.45, 2.75) is 45.6 Å². The van der Waals surface area contributed by atoms with Crippen molar-refractivity contribution >= 4 is 11.8 Å². The van der Waals surface area contributed by atoms with Crippen LogP contribution in [-0.2, 0) is 14.3 Å². The summed E-state index contributed by atoms with van der Waals surface area (Å²) >= 11 is 0. The molecule has 0 saturated heterocycles. The second kappa shape index (κ2) is 5.69. The lowest BCUT2D eigenvalue weighted by molar-refractivity contribution is -0.158. The lowest BCUT2D eigenvalue weighted by Gasteiger charge is -2.17. The topological polar surface area (TPSA) is 43.4 Å². The van der Waals surface area contributed by atoms with E-state index < -0.39 is 6.10 Å². The minimum atomic E-state index is -0.589. The van der Waals surface area contributed by atoms with Gasteiger partial charge in [0.1, 0.15) is 0 Å². The number of hydrogen-bond donors (Lipinski definition) is 0. The first-order valence-electron chi connectivity index (χ1n) is 5.47. The molecule has 1 rings (SSSR count). The number of ether oxygens (including phenoxy) is 1. The van der Waals surface area contributed by atoms with Gasteiger partial charge in [-0.3, -0.25) is 9.59 Å². The van der Waals surface area contributed by atoms with Crippen LogP contribution in [-0.4, -0.2) is 17.9 Å². The molecule has 0 fully saturated rings. The molecule has 84 valence electrons. The first kappa shape index (κ1) is 12.0. The lowest BCUT2D eigenvalue weighted by atomic mass is 10.0. The molecule has 1 aliphatic rings. The van der Waals surface area contributed by atoms with Gasteiger partial charge < -0.3 is 4.74 Å². The third-order valence-electron chi connectivity index (χ3n) is 2.64. The van der Waals surface area contributed by atoms with Gasteiger partial charge in [0.25, 0.3) is 0 Å². The Bertz CT molecular complexity index is 268. The Kier molecular flexibility index (Phi) is 4.53. The van der Waals surface area contributed by atoms with E-state index in [0.717, 1.165) is 19.3 Å². The number of Topliss-reactive ketones (excluding diaryl/α,β-unsaturated/α-hetero) is 1. The summed E-state index contributed by atoms with van der Waals surface area (Å²) in [5, 5.41) is 0. The molecule has 15 heavy (non-hydrogen) atoms. The number of esters is 1. The van der Waals surface area contributed by atoms with Gasteiger partial charge >= 0.3 is 5.97 Å². The molecular weight excluding hydrogens is 192 g/mol. The molecule has 0 spiro atoms. The van der Waals surface area contributed by atoms with Crippen LogP contribution in [0.1, 0.15) is 39.5 Å². The summed E-state index contributed by atoms with van der Waals surface area (Å²) in [5.74, 6) is -0.426. The van der Waals surface area contributed by atoms with Crippen LogP contribution < -0.4 is 0 Å². The van der Waals surface area contributed by atoms with Crippen LogP contribution in [0, 0.1) is 5.92 Å². The Morgan fingerprint density at radius 2 is 2.20 bits per heavy atom. The molecule has 3 heteroatoms. The highest BCUT2D eigenvalue weighted by atomic mass is 16.5. The van der Waals surface area contributed by atoms with Gasteiger partial charge in [0.15, 0.2) is 11.9 Å². The van der Waals surface area contributed by atoms with Crippen molar-refractivity contribution in [2.75, 3.05) is 0 Å². The number of cyclic esters (lactones) is 1. The molecule has 1 heterocycles. The molecule has 3 nitrogen and oxygen atoms in total. The Morgan fingerprint density at radius 3 is 2.87 bits per heavy atom. The lowest BCUT2D eigenvalue weighted by Crippen LogP contribution is -2.28. The Balaban J connectivity index is 2.68. The van der Waals surface area contributed by atoms with E-state index in [-0.39, 0.29) is 17.7 Å². The van der Waals surface area contributed by atoms with Crippen molar-refractivity contribution in [3.63, 3.8) is 0 Å². The van der Waals surface area contributed by atoms with E-state index >= 15 is 0 Å². The summed E-state index contributed by atoms with van der Waals surface area (Å²) in [6.07, 6.45) is 6.70. The van der Waals surface area contributed by atoms with E-state index in [9.17, 15) is 9.59 Å². The second-order valence-electron chi connectivity index (χ2n) is 4.08. The molecule has 0 aromatic rings. The van der Waals surface area contributed by atoms with Gasteiger partial charge in [-0.2, -0.15) is 0 Å². The van der Waals surface area contributed by atoms with Crippen molar-refractivity contribution in [1.29, 1.82) is 0 Å². The third-order valence-corrected chi connectivity index (χ3v) is 2.64. The molecule has 0 saturated carbocycles. The van der Waals surface area contributed by atoms with Gasteiger partial charge in [-0.1, -0.05) is 19.1 Å². The minimum Gasteiger partial charge on any atom is -0.454 e. The van der Waals surface area contributed by atoms with Gasteiger partial charge in [0, 0.05) is 6.42 Å². The molecule has 0 amide bonds. The number of carbonyl (C=O) groups excluding carboxylic acids is 2. The smallest absolute Gasteiger partial charge is 0.309 e. The van der Waals surface area contributed by atoms with Crippen LogP contribution in [0.25, 0.3) is 0 Å². The molecule has 0 bridgehead atoms. The zero-order valence-electron chi connectivity index (χ0n) is 9.36. The molecule has 2 atom stereocenters. The maximum atomic E-state index is 11.5. The van der Waals surface area contributed by atoms with Crippen molar-refractivity contribution in [1.82, 2.24) is 0 Å². The molecule has 0 aromatic heterocycles. The molecule has 0 aromatic carbocycles. The highest BCUT2D eigenvalue weighted by molar-refractivity contribution is 5.84. The first-order chi connectivity index (χ1) is 7.11. The zero-order chi connectivity index (χ0) is 11.3. The molecule has 0 unspecified atom stereocenters. The van der Waals surface area contributed by atoms with Gasteiger partial charge in [-0.15, -0.1) is 0 Å². The molecular formula is C12H18O3. The predicted octanol–water partition coefficient (Wildman–Crippen LogP) is 2.25. The fourth-order valence-corrected chi connectivity index (χ4v) is 1.55. The number of hydrogen-bond acceptors (Lipinski definition) is 3. The average Bonchev–Trinajstić information content (AvgIpc) is 2.19. The van der Waals surface area contributed by atoms with E-state index in [1.54, 1.807) is 0 Å². The SMILES string of the molecule is CC(=O)[C@@H]1C/C=C\CCC[C@H](C)C(=O)O1. The highest BCUT2D eigenvalue weighted by Gasteiger charge is 2.22. The fraction of sp³-hybridized carbons (Fsp3) is 0.667. The van der Waals surface area contributed by atoms with E-state index in [1.165, 1.54) is 6.92 Å². The summed E-state index contributed by atoms with van der Waals surface area (Å²) < 4.78 is 5.16. The largest absolute Gasteiger partial charge is 0.454 e. The Morgan fingerprint density at radius 1 is 1.47 bits per heavy atom. The Labute approximate surface area is 90.5 Å². The van der Waals surface area contributed by atoms with Gasteiger partial charge in [-0.25, -0.2) is 0 Å². The maximum absolute atomic E-state index is 11.5. The van der Waals surface area contributed by atoms with E-state index in [2.05, 4.69) is 6.08 Å². The minimum absolute atomic E-state index is 0.0826. The molecule has 0 N–H and O–H groups in total. The summed E-state index contributed by atoms with van der Waals surface area (Å²) in [4.78, 5) is 22.8. The fourth-order valence-electron chi connectivity index (χ4n) is 1.55. The first-order valence-corrected chi connectivity index (χ1v) is 5.47. The summed E-state index contributed by atoms with van der Waals surface area (Å²) in [5.41, 5.74) is 0. The van der Waals surface area contributed by atoms with Crippen molar-refractivity contribution < 1.29 is 14.3 Å². The van der Waals surface area contributed by atoms with Crippen molar-refractivity contribution in [3.8, 4) is 0 Å². The predicted molar refractivity (Wildman–Crippen MR) is 57.3 cm³/mol. The quantitative estimate of drug-likeness (QED) is 0.492. The summed E-state index contributed by atoms with van der Waals surface area (Å²) in [6.45, 7) is 3.31. The molecule has 1 aliphatic heterocycles. The van der Waals surface area contributed by atoms with Crippen LogP contribution in [0.2, 0.25) is 0 Å². The number of rotatable bonds is 1. The Hall–Kier alpha value is -1.12. The zero-order valence-corrected chi connectivity index (χ0v) is 9.36. The highest BCUT2D eigenvalue weighted by Crippen LogP contribution is 2.15. The van der Waals surface area contributed by atoms with Crippen molar-refractivity contribution in [3.05, 3.63) is 12.2 Å². The van der Waals surface area contributed by atoms with Gasteiger partial charge in [0.2, 0.25) is 0 Å². The standard InChI is InChI=1S/C12H18O3/c1-9-7-5-3-4-6-8-11(10(2)13)15-12(9)14/h4,6,9,11H,3,5,7-8H2,1-2H3/b6-4-/t9-,11-/m0/s1. The number of allylic oxidation sites excluding steroid dienone is 1. The summed E-state index contributed by atoms with van der Waals surface area (Å²) in [7, 11) is 0. The number of carbonyl (C=O) groups is 2. The van der Waals surface area contributed by atoms with Crippen LogP contribution in [0.4, 0.5) is 0 Å². The van der Waals surface area contributed by atoms with Crippen molar-refractivity contribution in [2.24, 2.45) is 5.92 Å². The average molecular weight is 210 g/mol. The van der Waals surface area contributed by atoms with Crippen LogP contribution in [0.15, 0.2) is 12.2 Å². The van der Waals surface area contributed by atoms with E-state index in [4.69, 9.17) is 4.74 Å². The molecule has 0 aliphatic carbocycles. The van der Waals surface area contributed by atoms with Gasteiger partial charge in [-0.05, 0) is 26.2 Å². The van der Waals surface area contributed by atoms with Crippen LogP contribution >= 0.6 is 0 Å². The van der Waals surface area contributed by atoms with Gasteiger partial charge in [0.05, 0.1) is 5.92 Å². The normalized spacial score (nSPS) is 30.4. The number of ketones is 1. The van der Waals surface area contributed by atoms with E-state index in [1.807, 2.05) is 13.0 Å². The van der Waals surface area contributed by atoms with Crippen LogP contribution in [0.5, 0.6) is 0 Å². The third kappa shape index (κ3) is 3.86. The second-order valence-corrected chi connectivity index (χ2v) is 4.08. The molecule has 0 radical (unpaired) electrons. The maximum Gasteiger partial charge on any atom is 0.309 e. The summed E-state index contributed by atoms with van der Waals surface area (Å²) in [6, 6.07) is 0. The van der Waals surface area contributed by atoms with E-state index in [0.29, 0.717) is 6.42 Å².